The Morgan fingerprint density at radius 2 is 1.25 bits per heavy atom. The quantitative estimate of drug-likeness (QED) is 0.435. The van der Waals surface area contributed by atoms with E-state index in [0.29, 0.717) is 0 Å². The van der Waals surface area contributed by atoms with Crippen LogP contribution in [0.2, 0.25) is 0 Å². The van der Waals surface area contributed by atoms with E-state index in [1.54, 1.807) is 0 Å². The molecule has 0 fully saturated rings. The summed E-state index contributed by atoms with van der Waals surface area (Å²) in [6.45, 7) is 0. The minimum atomic E-state index is 0. The standard InChI is InChI=1S/Fe.Ni.2O. The fraction of sp³-hybridized carbons (Fsp3) is 0. The van der Waals surface area contributed by atoms with Crippen molar-refractivity contribution in [1.82, 2.24) is 0 Å². The van der Waals surface area contributed by atoms with Crippen LogP contribution in [0.1, 0.15) is 0 Å². The van der Waals surface area contributed by atoms with Gasteiger partial charge >= 0.3 is 19.3 Å². The molecule has 0 aliphatic heterocycles. The molecule has 4 heteroatoms. The van der Waals surface area contributed by atoms with E-state index >= 15 is 0 Å². The molecule has 0 aromatic rings. The third kappa shape index (κ3) is 14.6. The zero-order valence-electron chi connectivity index (χ0n) is 1.49. The molecule has 30 valence electrons. The summed E-state index contributed by atoms with van der Waals surface area (Å²) < 4.78 is 7.88. The maximum atomic E-state index is 7.88. The second kappa shape index (κ2) is 48.6. The van der Waals surface area contributed by atoms with Gasteiger partial charge in [-0.05, 0) is 0 Å². The molecular weight excluding hydrogens is 147 g/mol. The second-order valence-electron chi connectivity index (χ2n) is 0. The molecule has 2 nitrogen and oxygen atoms in total. The number of rotatable bonds is 0. The maximum absolute atomic E-state index is 7.88. The van der Waals surface area contributed by atoms with Gasteiger partial charge in [0.25, 0.3) is 0 Å². The van der Waals surface area contributed by atoms with E-state index in [4.69, 9.17) is 3.90 Å². The number of hydrogen-bond donors (Lipinski definition) is 0. The van der Waals surface area contributed by atoms with Crippen LogP contribution in [-0.2, 0) is 41.8 Å². The van der Waals surface area contributed by atoms with Gasteiger partial charge in [-0.2, -0.15) is 0 Å². The third-order valence-electron chi connectivity index (χ3n) is 0. The van der Waals surface area contributed by atoms with Crippen LogP contribution in [0.15, 0.2) is 0 Å². The molecule has 0 aliphatic carbocycles. The van der Waals surface area contributed by atoms with Crippen LogP contribution in [0.4, 0.5) is 0 Å². The zero-order chi connectivity index (χ0) is 2.00. The van der Waals surface area contributed by atoms with Gasteiger partial charge in [0.1, 0.15) is 0 Å². The Balaban J connectivity index is -0.00000000500. The Labute approximate surface area is 42.3 Å². The Bertz CT molecular complexity index is 6.00. The first-order valence-electron chi connectivity index (χ1n) is 0.129. The molecule has 0 spiro atoms. The van der Waals surface area contributed by atoms with Crippen LogP contribution < -0.4 is 0 Å². The van der Waals surface area contributed by atoms with E-state index in [1.165, 1.54) is 0 Å². The van der Waals surface area contributed by atoms with Crippen LogP contribution in [0, 0.1) is 0 Å². The zero-order valence-corrected chi connectivity index (χ0v) is 3.58. The summed E-state index contributed by atoms with van der Waals surface area (Å²) in [6.07, 6.45) is 0. The van der Waals surface area contributed by atoms with Crippen LogP contribution in [-0.4, -0.2) is 0 Å². The van der Waals surface area contributed by atoms with E-state index in [2.05, 4.69) is 15.4 Å². The monoisotopic (exact) mass is 146 g/mol. The summed E-state index contributed by atoms with van der Waals surface area (Å²) in [4.78, 5) is 0. The molecule has 0 aromatic carbocycles. The molecule has 0 saturated heterocycles. The van der Waals surface area contributed by atoms with Gasteiger partial charge in [-0.25, -0.2) is 0 Å². The van der Waals surface area contributed by atoms with Gasteiger partial charge in [-0.1, -0.05) is 0 Å². The molecule has 2 radical (unpaired) electrons. The van der Waals surface area contributed by atoms with E-state index < -0.39 is 0 Å². The molecule has 4 heavy (non-hydrogen) atoms. The predicted molar refractivity (Wildman–Crippen MR) is 1.37 cm³/mol. The van der Waals surface area contributed by atoms with Crippen LogP contribution in [0.5, 0.6) is 0 Å². The summed E-state index contributed by atoms with van der Waals surface area (Å²) >= 11 is 2.62. The molecule has 0 amide bonds. The average Bonchev–Trinajstić information content (AvgIpc) is 1.00. The third-order valence-corrected chi connectivity index (χ3v) is 0. The van der Waals surface area contributed by atoms with E-state index in [9.17, 15) is 0 Å². The summed E-state index contributed by atoms with van der Waals surface area (Å²) in [7, 11) is 0. The molecule has 0 aliphatic rings. The molecule has 0 heterocycles. The molecule has 0 atom stereocenters. The Hall–Kier alpha value is 0.773. The Morgan fingerprint density at radius 1 is 1.25 bits per heavy atom. The van der Waals surface area contributed by atoms with E-state index in [-0.39, 0.29) is 22.5 Å². The fourth-order valence-corrected chi connectivity index (χ4v) is 0. The minimum absolute atomic E-state index is 0. The summed E-state index contributed by atoms with van der Waals surface area (Å²) in [5.41, 5.74) is 0. The van der Waals surface area contributed by atoms with Crippen LogP contribution in [0.25, 0.3) is 0 Å². The van der Waals surface area contributed by atoms with Crippen LogP contribution >= 0.6 is 0 Å². The molecule has 0 saturated carbocycles. The van der Waals surface area contributed by atoms with Crippen molar-refractivity contribution in [3.05, 3.63) is 0 Å². The molecule has 0 rings (SSSR count). The van der Waals surface area contributed by atoms with Gasteiger partial charge in [0.05, 0.1) is 0 Å². The van der Waals surface area contributed by atoms with Crippen molar-refractivity contribution in [2.45, 2.75) is 0 Å². The normalized spacial score (nSPS) is 1.50. The second-order valence-corrected chi connectivity index (χ2v) is 0. The molecule has 0 N–H and O–H groups in total. The summed E-state index contributed by atoms with van der Waals surface area (Å²) in [5.74, 6) is 0. The molecule has 0 aromatic heterocycles. The van der Waals surface area contributed by atoms with E-state index in [0.717, 1.165) is 0 Å². The van der Waals surface area contributed by atoms with Crippen molar-refractivity contribution in [1.29, 1.82) is 0 Å². The summed E-state index contributed by atoms with van der Waals surface area (Å²) in [5, 5.41) is 0. The van der Waals surface area contributed by atoms with Gasteiger partial charge in [0.2, 0.25) is 0 Å². The topological polar surface area (TPSA) is 45.6 Å². The molecule has 0 bridgehead atoms. The average molecular weight is 147 g/mol. The number of hydrogen-bond acceptors (Lipinski definition) is 1. The predicted octanol–water partition coefficient (Wildman–Crippen LogP) is -0.243. The van der Waals surface area contributed by atoms with Crippen molar-refractivity contribution >= 4 is 0 Å². The van der Waals surface area contributed by atoms with Gasteiger partial charge in [0.15, 0.2) is 0 Å². The fourth-order valence-electron chi connectivity index (χ4n) is 0. The first-order valence-corrected chi connectivity index (χ1v) is 0.532. The van der Waals surface area contributed by atoms with Crippen molar-refractivity contribution in [3.8, 4) is 0 Å². The first-order chi connectivity index (χ1) is 1.00. The summed E-state index contributed by atoms with van der Waals surface area (Å²) in [6, 6.07) is 0. The van der Waals surface area contributed by atoms with Gasteiger partial charge < -0.3 is 0 Å². The van der Waals surface area contributed by atoms with Gasteiger partial charge in [-0.3, -0.25) is 0 Å². The van der Waals surface area contributed by atoms with Gasteiger partial charge in [0, 0.05) is 22.5 Å². The Morgan fingerprint density at radius 3 is 1.25 bits per heavy atom. The first kappa shape index (κ1) is 21.6. The molecular formula is FeNiO2. The van der Waals surface area contributed by atoms with Crippen molar-refractivity contribution in [2.24, 2.45) is 0 Å². The van der Waals surface area contributed by atoms with E-state index in [1.807, 2.05) is 0 Å². The van der Waals surface area contributed by atoms with Crippen molar-refractivity contribution in [3.63, 3.8) is 0 Å². The van der Waals surface area contributed by atoms with Crippen molar-refractivity contribution < 1.29 is 41.8 Å². The van der Waals surface area contributed by atoms with Gasteiger partial charge in [-0.15, -0.1) is 0 Å². The van der Waals surface area contributed by atoms with Crippen molar-refractivity contribution in [2.75, 3.05) is 0 Å². The SMILES string of the molecule is [Fe].[O].[O]=[Ni]. The Kier molecular flexibility index (Phi) is 262. The molecule has 0 unspecified atom stereocenters. The van der Waals surface area contributed by atoms with Crippen LogP contribution in [0.3, 0.4) is 0 Å².